The molecule has 28 heavy (non-hydrogen) atoms. The molecule has 6 nitrogen and oxygen atoms in total. The van der Waals surface area contributed by atoms with Gasteiger partial charge in [0.2, 0.25) is 5.91 Å². The van der Waals surface area contributed by atoms with Crippen LogP contribution in [-0.4, -0.2) is 64.7 Å². The molecule has 1 fully saturated rings. The maximum absolute atomic E-state index is 12.6. The van der Waals surface area contributed by atoms with Crippen molar-refractivity contribution in [2.75, 3.05) is 39.0 Å². The van der Waals surface area contributed by atoms with E-state index in [-0.39, 0.29) is 5.91 Å². The summed E-state index contributed by atoms with van der Waals surface area (Å²) in [7, 11) is 1.64. The molecule has 1 aromatic heterocycles. The first-order valence-corrected chi connectivity index (χ1v) is 10.4. The average Bonchev–Trinajstić information content (AvgIpc) is 3.15. The van der Waals surface area contributed by atoms with Crippen molar-refractivity contribution >= 4 is 28.7 Å². The Kier molecular flexibility index (Phi) is 5.83. The first-order valence-electron chi connectivity index (χ1n) is 9.42. The van der Waals surface area contributed by atoms with E-state index < -0.39 is 0 Å². The number of piperazine rings is 1. The lowest BCUT2D eigenvalue weighted by atomic mass is 10.2. The molecule has 4 rings (SSSR count). The first kappa shape index (κ1) is 18.8. The number of rotatable bonds is 6. The summed E-state index contributed by atoms with van der Waals surface area (Å²) in [6.07, 6.45) is 0. The van der Waals surface area contributed by atoms with Crippen molar-refractivity contribution in [1.29, 1.82) is 0 Å². The van der Waals surface area contributed by atoms with E-state index in [1.165, 1.54) is 17.3 Å². The number of nitrogens with zero attached hydrogens (tertiary/aromatic N) is 3. The molecule has 0 radical (unpaired) electrons. The van der Waals surface area contributed by atoms with E-state index in [2.05, 4.69) is 39.1 Å². The molecule has 0 aliphatic carbocycles. The monoisotopic (exact) mass is 396 g/mol. The van der Waals surface area contributed by atoms with Crippen LogP contribution in [0.1, 0.15) is 5.56 Å². The van der Waals surface area contributed by atoms with Crippen molar-refractivity contribution in [3.63, 3.8) is 0 Å². The van der Waals surface area contributed by atoms with Crippen molar-refractivity contribution in [2.45, 2.75) is 11.7 Å². The molecule has 0 unspecified atom stereocenters. The van der Waals surface area contributed by atoms with E-state index in [0.717, 1.165) is 54.7 Å². The molecular weight excluding hydrogens is 372 g/mol. The van der Waals surface area contributed by atoms with Crippen LogP contribution in [0.5, 0.6) is 5.75 Å². The van der Waals surface area contributed by atoms with E-state index in [9.17, 15) is 4.79 Å². The molecule has 0 bridgehead atoms. The van der Waals surface area contributed by atoms with E-state index in [0.29, 0.717) is 5.75 Å². The number of hydrogen-bond donors (Lipinski definition) is 1. The standard InChI is InChI=1S/C21H24N4O2S/c1-27-17-7-8-18-19(13-17)23-21(22-18)28-15-20(26)25-11-9-24(10-12-25)14-16-5-3-2-4-6-16/h2-8,13H,9-12,14-15H2,1H3,(H,22,23). The number of carbonyl (C=O) groups is 1. The van der Waals surface area contributed by atoms with Crippen molar-refractivity contribution in [1.82, 2.24) is 19.8 Å². The van der Waals surface area contributed by atoms with E-state index in [4.69, 9.17) is 4.74 Å². The van der Waals surface area contributed by atoms with Crippen molar-refractivity contribution in [2.24, 2.45) is 0 Å². The van der Waals surface area contributed by atoms with Crippen LogP contribution < -0.4 is 4.74 Å². The molecule has 1 N–H and O–H groups in total. The number of benzene rings is 2. The summed E-state index contributed by atoms with van der Waals surface area (Å²) in [5.41, 5.74) is 3.12. The second kappa shape index (κ2) is 8.67. The van der Waals surface area contributed by atoms with Crippen molar-refractivity contribution in [3.8, 4) is 5.75 Å². The third-order valence-electron chi connectivity index (χ3n) is 4.97. The summed E-state index contributed by atoms with van der Waals surface area (Å²) >= 11 is 1.45. The van der Waals surface area contributed by atoms with Gasteiger partial charge in [-0.15, -0.1) is 0 Å². The fraction of sp³-hybridized carbons (Fsp3) is 0.333. The zero-order chi connectivity index (χ0) is 19.3. The van der Waals surface area contributed by atoms with Gasteiger partial charge in [-0.2, -0.15) is 0 Å². The summed E-state index contributed by atoms with van der Waals surface area (Å²) < 4.78 is 5.24. The predicted octanol–water partition coefficient (Wildman–Crippen LogP) is 3.01. The van der Waals surface area contributed by atoms with Crippen LogP contribution in [0.25, 0.3) is 11.0 Å². The molecule has 0 atom stereocenters. The number of imidazole rings is 1. The van der Waals surface area contributed by atoms with Gasteiger partial charge in [0, 0.05) is 38.8 Å². The third kappa shape index (κ3) is 4.48. The number of carbonyl (C=O) groups excluding carboxylic acids is 1. The van der Waals surface area contributed by atoms with E-state index >= 15 is 0 Å². The Bertz CT molecular complexity index is 936. The van der Waals surface area contributed by atoms with Gasteiger partial charge in [0.25, 0.3) is 0 Å². The second-order valence-electron chi connectivity index (χ2n) is 6.86. The Hall–Kier alpha value is -2.51. The summed E-state index contributed by atoms with van der Waals surface area (Å²) in [6.45, 7) is 4.33. The SMILES string of the molecule is COc1ccc2nc(SCC(=O)N3CCN(Cc4ccccc4)CC3)[nH]c2c1. The van der Waals surface area contributed by atoms with Gasteiger partial charge in [0.1, 0.15) is 5.75 Å². The third-order valence-corrected chi connectivity index (χ3v) is 5.83. The fourth-order valence-corrected chi connectivity index (χ4v) is 4.17. The Morgan fingerprint density at radius 1 is 1.14 bits per heavy atom. The van der Waals surface area contributed by atoms with E-state index in [1.54, 1.807) is 7.11 Å². The summed E-state index contributed by atoms with van der Waals surface area (Å²) in [5, 5.41) is 0.763. The molecule has 2 heterocycles. The molecule has 0 saturated carbocycles. The van der Waals surface area contributed by atoms with Crippen LogP contribution >= 0.6 is 11.8 Å². The average molecular weight is 397 g/mol. The number of fused-ring (bicyclic) bond motifs is 1. The molecule has 1 aliphatic rings. The highest BCUT2D eigenvalue weighted by molar-refractivity contribution is 7.99. The number of nitrogens with one attached hydrogen (secondary N) is 1. The highest BCUT2D eigenvalue weighted by Gasteiger charge is 2.21. The van der Waals surface area contributed by atoms with Gasteiger partial charge >= 0.3 is 0 Å². The van der Waals surface area contributed by atoms with Crippen molar-refractivity contribution in [3.05, 3.63) is 54.1 Å². The molecule has 3 aromatic rings. The quantitative estimate of drug-likeness (QED) is 0.649. The Morgan fingerprint density at radius 2 is 1.93 bits per heavy atom. The smallest absolute Gasteiger partial charge is 0.233 e. The van der Waals surface area contributed by atoms with Gasteiger partial charge < -0.3 is 14.6 Å². The Labute approximate surface area is 168 Å². The van der Waals surface area contributed by atoms with Crippen LogP contribution in [0.2, 0.25) is 0 Å². The normalized spacial score (nSPS) is 15.1. The number of amides is 1. The molecule has 1 saturated heterocycles. The number of thioether (sulfide) groups is 1. The molecule has 1 aliphatic heterocycles. The van der Waals surface area contributed by atoms with Crippen LogP contribution in [-0.2, 0) is 11.3 Å². The number of methoxy groups -OCH3 is 1. The van der Waals surface area contributed by atoms with Crippen LogP contribution in [0.4, 0.5) is 0 Å². The van der Waals surface area contributed by atoms with Gasteiger partial charge in [-0.1, -0.05) is 42.1 Å². The maximum Gasteiger partial charge on any atom is 0.233 e. The zero-order valence-electron chi connectivity index (χ0n) is 15.9. The lowest BCUT2D eigenvalue weighted by molar-refractivity contribution is -0.130. The Balaban J connectivity index is 1.26. The molecule has 1 amide bonds. The maximum atomic E-state index is 12.6. The lowest BCUT2D eigenvalue weighted by Gasteiger charge is -2.34. The van der Waals surface area contributed by atoms with Gasteiger partial charge in [0.15, 0.2) is 5.16 Å². The van der Waals surface area contributed by atoms with Crippen LogP contribution in [0, 0.1) is 0 Å². The molecule has 146 valence electrons. The summed E-state index contributed by atoms with van der Waals surface area (Å²) in [5.74, 6) is 1.36. The number of H-pyrrole nitrogens is 1. The largest absolute Gasteiger partial charge is 0.497 e. The minimum atomic E-state index is 0.169. The topological polar surface area (TPSA) is 61.5 Å². The van der Waals surface area contributed by atoms with Crippen LogP contribution in [0.3, 0.4) is 0 Å². The first-order chi connectivity index (χ1) is 13.7. The molecule has 7 heteroatoms. The molecular formula is C21H24N4O2S. The Morgan fingerprint density at radius 3 is 2.68 bits per heavy atom. The summed E-state index contributed by atoms with van der Waals surface area (Å²) in [4.78, 5) is 24.7. The summed E-state index contributed by atoms with van der Waals surface area (Å²) in [6, 6.07) is 16.2. The van der Waals surface area contributed by atoms with Gasteiger partial charge in [-0.05, 0) is 17.7 Å². The lowest BCUT2D eigenvalue weighted by Crippen LogP contribution is -2.48. The van der Waals surface area contributed by atoms with E-state index in [1.807, 2.05) is 29.2 Å². The predicted molar refractivity (Wildman–Crippen MR) is 112 cm³/mol. The van der Waals surface area contributed by atoms with Gasteiger partial charge in [0.05, 0.1) is 23.9 Å². The zero-order valence-corrected chi connectivity index (χ0v) is 16.7. The highest BCUT2D eigenvalue weighted by Crippen LogP contribution is 2.23. The minimum absolute atomic E-state index is 0.169. The number of aromatic nitrogens is 2. The minimum Gasteiger partial charge on any atom is -0.497 e. The van der Waals surface area contributed by atoms with Gasteiger partial charge in [-0.3, -0.25) is 9.69 Å². The number of hydrogen-bond acceptors (Lipinski definition) is 5. The van der Waals surface area contributed by atoms with Crippen LogP contribution in [0.15, 0.2) is 53.7 Å². The number of ether oxygens (including phenoxy) is 1. The number of aromatic amines is 1. The highest BCUT2D eigenvalue weighted by atomic mass is 32.2. The fourth-order valence-electron chi connectivity index (χ4n) is 3.38. The van der Waals surface area contributed by atoms with Gasteiger partial charge in [-0.25, -0.2) is 4.98 Å². The molecule has 2 aromatic carbocycles. The van der Waals surface area contributed by atoms with Crippen molar-refractivity contribution < 1.29 is 9.53 Å². The molecule has 0 spiro atoms. The second-order valence-corrected chi connectivity index (χ2v) is 7.82.